The summed E-state index contributed by atoms with van der Waals surface area (Å²) in [5, 5.41) is 1.09. The lowest BCUT2D eigenvalue weighted by atomic mass is 9.62. The van der Waals surface area contributed by atoms with Crippen LogP contribution in [0.5, 0.6) is 0 Å². The minimum absolute atomic E-state index is 0.346. The van der Waals surface area contributed by atoms with Gasteiger partial charge in [0.25, 0.3) is 0 Å². The van der Waals surface area contributed by atoms with E-state index in [2.05, 4.69) is 27.9 Å². The molecule has 4 fully saturated rings. The van der Waals surface area contributed by atoms with Gasteiger partial charge in [0.2, 0.25) is 0 Å². The predicted octanol–water partition coefficient (Wildman–Crippen LogP) is 5.63. The van der Waals surface area contributed by atoms with Gasteiger partial charge in [0.1, 0.15) is 0 Å². The second-order valence-electron chi connectivity index (χ2n) is 9.00. The van der Waals surface area contributed by atoms with Gasteiger partial charge in [-0.25, -0.2) is 0 Å². The van der Waals surface area contributed by atoms with E-state index in [9.17, 15) is 4.79 Å². The summed E-state index contributed by atoms with van der Waals surface area (Å²) in [7, 11) is 2.37. The van der Waals surface area contributed by atoms with E-state index in [1.54, 1.807) is 11.8 Å². The number of carbonyl (C=O) groups excluding carboxylic acids is 1. The fourth-order valence-electron chi connectivity index (χ4n) is 6.45. The molecular weight excluding hydrogens is 394 g/mol. The van der Waals surface area contributed by atoms with Crippen LogP contribution in [0.3, 0.4) is 0 Å². The summed E-state index contributed by atoms with van der Waals surface area (Å²) in [4.78, 5) is 16.8. The van der Waals surface area contributed by atoms with Gasteiger partial charge in [0.15, 0.2) is 5.12 Å². The van der Waals surface area contributed by atoms with Crippen molar-refractivity contribution in [1.82, 2.24) is 4.90 Å². The number of rotatable bonds is 2. The third-order valence-electron chi connectivity index (χ3n) is 7.69. The molecule has 0 aromatic rings. The summed E-state index contributed by atoms with van der Waals surface area (Å²) in [5.41, 5.74) is 0. The lowest BCUT2D eigenvalue weighted by molar-refractivity contribution is -0.129. The van der Waals surface area contributed by atoms with Crippen LogP contribution in [0.25, 0.3) is 0 Å². The third-order valence-corrected chi connectivity index (χ3v) is 10.5. The number of alkyl halides is 1. The number of carbonyl (C=O) groups is 1. The van der Waals surface area contributed by atoms with Gasteiger partial charge in [-0.2, -0.15) is 0 Å². The number of halogens is 1. The molecular formula is C21H34BrNOS. The Labute approximate surface area is 166 Å². The number of hydrogen-bond acceptors (Lipinski definition) is 3. The van der Waals surface area contributed by atoms with Crippen molar-refractivity contribution >= 4 is 32.8 Å². The zero-order chi connectivity index (χ0) is 17.4. The maximum absolute atomic E-state index is 13.6. The number of thioether (sulfide) groups is 1. The molecule has 0 N–H and O–H groups in total. The van der Waals surface area contributed by atoms with E-state index in [1.807, 2.05) is 0 Å². The second kappa shape index (κ2) is 8.22. The van der Waals surface area contributed by atoms with E-state index in [-0.39, 0.29) is 0 Å². The molecule has 2 nitrogen and oxygen atoms in total. The van der Waals surface area contributed by atoms with Crippen molar-refractivity contribution in [2.24, 2.45) is 17.8 Å². The van der Waals surface area contributed by atoms with Crippen molar-refractivity contribution < 1.29 is 4.79 Å². The van der Waals surface area contributed by atoms with Crippen LogP contribution in [0.1, 0.15) is 77.0 Å². The molecule has 4 rings (SSSR count). The van der Waals surface area contributed by atoms with Crippen molar-refractivity contribution in [1.29, 1.82) is 0 Å². The highest BCUT2D eigenvalue weighted by molar-refractivity contribution is 9.09. The van der Waals surface area contributed by atoms with Crippen molar-refractivity contribution in [3.05, 3.63) is 0 Å². The van der Waals surface area contributed by atoms with Crippen molar-refractivity contribution in [2.45, 2.75) is 99.2 Å². The zero-order valence-electron chi connectivity index (χ0n) is 15.7. The average molecular weight is 428 g/mol. The van der Waals surface area contributed by atoms with Crippen LogP contribution >= 0.6 is 27.7 Å². The molecule has 0 aromatic carbocycles. The molecule has 3 saturated carbocycles. The molecule has 1 saturated heterocycles. The molecule has 3 aliphatic carbocycles. The fraction of sp³-hybridized carbons (Fsp3) is 0.952. The Morgan fingerprint density at radius 1 is 0.840 bits per heavy atom. The number of fused-ring (bicyclic) bond motifs is 2. The molecule has 142 valence electrons. The smallest absolute Gasteiger partial charge is 0.193 e. The van der Waals surface area contributed by atoms with Crippen molar-refractivity contribution in [3.63, 3.8) is 0 Å². The normalized spacial score (nSPS) is 45.4. The molecule has 6 unspecified atom stereocenters. The quantitative estimate of drug-likeness (QED) is 0.532. The Kier molecular flexibility index (Phi) is 6.19. The number of piperidine rings is 1. The molecule has 0 amide bonds. The van der Waals surface area contributed by atoms with Gasteiger partial charge in [-0.05, 0) is 57.4 Å². The highest BCUT2D eigenvalue weighted by Crippen LogP contribution is 2.50. The minimum atomic E-state index is 0.346. The Balaban J connectivity index is 1.54. The molecule has 4 aliphatic rings. The summed E-state index contributed by atoms with van der Waals surface area (Å²) < 4.78 is 0. The first kappa shape index (κ1) is 18.8. The van der Waals surface area contributed by atoms with E-state index < -0.39 is 0 Å². The Morgan fingerprint density at radius 2 is 1.36 bits per heavy atom. The molecule has 1 heterocycles. The second-order valence-corrected chi connectivity index (χ2v) is 11.4. The number of nitrogens with zero attached hydrogens (tertiary/aromatic N) is 1. The van der Waals surface area contributed by atoms with E-state index in [4.69, 9.17) is 0 Å². The van der Waals surface area contributed by atoms with E-state index in [1.165, 1.54) is 77.0 Å². The SMILES string of the molecule is CN1C2CCCCC2C(C(=O)SC2CCCCC2Br)C2CCCCC21. The lowest BCUT2D eigenvalue weighted by Gasteiger charge is -2.56. The summed E-state index contributed by atoms with van der Waals surface area (Å²) in [5.74, 6) is 1.62. The standard InChI is InChI=1S/C21H34BrNOS/c1-23-17-11-5-2-8-14(17)20(15-9-3-6-12-18(15)23)21(24)25-19-13-7-4-10-16(19)22/h14-20H,2-13H2,1H3. The van der Waals surface area contributed by atoms with Gasteiger partial charge in [-0.15, -0.1) is 0 Å². The average Bonchev–Trinajstić information content (AvgIpc) is 2.64. The molecule has 1 aliphatic heterocycles. The highest BCUT2D eigenvalue weighted by Gasteiger charge is 2.51. The Bertz CT molecular complexity index is 463. The van der Waals surface area contributed by atoms with E-state index >= 15 is 0 Å². The van der Waals surface area contributed by atoms with Gasteiger partial charge < -0.3 is 0 Å². The van der Waals surface area contributed by atoms with Crippen LogP contribution in [0, 0.1) is 17.8 Å². The molecule has 4 heteroatoms. The Hall–Kier alpha value is 0.460. The number of likely N-dealkylation sites (tertiary alicyclic amines) is 1. The van der Waals surface area contributed by atoms with Gasteiger partial charge in [-0.3, -0.25) is 9.69 Å². The monoisotopic (exact) mass is 427 g/mol. The molecule has 0 spiro atoms. The molecule has 0 aromatic heterocycles. The van der Waals surface area contributed by atoms with Crippen molar-refractivity contribution in [3.8, 4) is 0 Å². The van der Waals surface area contributed by atoms with Gasteiger partial charge in [0, 0.05) is 28.1 Å². The molecule has 25 heavy (non-hydrogen) atoms. The first-order chi connectivity index (χ1) is 12.2. The van der Waals surface area contributed by atoms with Crippen LogP contribution in [-0.4, -0.2) is 39.2 Å². The fourth-order valence-corrected chi connectivity index (χ4v) is 8.74. The molecule has 6 atom stereocenters. The van der Waals surface area contributed by atoms with E-state index in [0.717, 1.165) is 0 Å². The van der Waals surface area contributed by atoms with Gasteiger partial charge >= 0.3 is 0 Å². The topological polar surface area (TPSA) is 20.3 Å². The summed E-state index contributed by atoms with van der Waals surface area (Å²) >= 11 is 5.62. The maximum atomic E-state index is 13.6. The zero-order valence-corrected chi connectivity index (χ0v) is 18.1. The summed E-state index contributed by atoms with van der Waals surface area (Å²) in [6.45, 7) is 0. The largest absolute Gasteiger partial charge is 0.300 e. The lowest BCUT2D eigenvalue weighted by Crippen LogP contribution is -2.60. The van der Waals surface area contributed by atoms with Crippen LogP contribution in [0.2, 0.25) is 0 Å². The highest BCUT2D eigenvalue weighted by atomic mass is 79.9. The van der Waals surface area contributed by atoms with Gasteiger partial charge in [-0.1, -0.05) is 66.2 Å². The van der Waals surface area contributed by atoms with Crippen LogP contribution in [0.4, 0.5) is 0 Å². The van der Waals surface area contributed by atoms with Gasteiger partial charge in [0.05, 0.1) is 0 Å². The Morgan fingerprint density at radius 3 is 1.96 bits per heavy atom. The van der Waals surface area contributed by atoms with Crippen LogP contribution in [0.15, 0.2) is 0 Å². The summed E-state index contributed by atoms with van der Waals surface area (Å²) in [6.07, 6.45) is 15.7. The third kappa shape index (κ3) is 3.74. The first-order valence-electron chi connectivity index (χ1n) is 10.7. The summed E-state index contributed by atoms with van der Waals surface area (Å²) in [6, 6.07) is 1.35. The van der Waals surface area contributed by atoms with Crippen LogP contribution < -0.4 is 0 Å². The van der Waals surface area contributed by atoms with E-state index in [0.29, 0.717) is 45.0 Å². The van der Waals surface area contributed by atoms with Crippen LogP contribution in [-0.2, 0) is 4.79 Å². The molecule has 0 bridgehead atoms. The number of hydrogen-bond donors (Lipinski definition) is 0. The van der Waals surface area contributed by atoms with Crippen molar-refractivity contribution in [2.75, 3.05) is 7.05 Å². The minimum Gasteiger partial charge on any atom is -0.300 e. The predicted molar refractivity (Wildman–Crippen MR) is 110 cm³/mol. The first-order valence-corrected chi connectivity index (χ1v) is 12.5. The molecule has 0 radical (unpaired) electrons. The maximum Gasteiger partial charge on any atom is 0.193 e.